The van der Waals surface area contributed by atoms with E-state index in [-0.39, 0.29) is 0 Å². The molecular weight excluding hydrogens is 266 g/mol. The molecule has 2 aliphatic rings. The van der Waals surface area contributed by atoms with Crippen LogP contribution in [0.4, 0.5) is 0 Å². The molecule has 0 spiro atoms. The first-order chi connectivity index (χ1) is 10.2. The van der Waals surface area contributed by atoms with Gasteiger partial charge < -0.3 is 4.90 Å². The first kappa shape index (κ1) is 18.3. The van der Waals surface area contributed by atoms with Crippen molar-refractivity contribution in [1.82, 2.24) is 4.90 Å². The molecule has 0 aromatic rings. The maximum Gasteiger partial charge on any atom is 0.000735 e. The van der Waals surface area contributed by atoms with Gasteiger partial charge in [-0.15, -0.1) is 0 Å². The second-order valence-electron chi connectivity index (χ2n) is 10.1. The van der Waals surface area contributed by atoms with Gasteiger partial charge in [0.25, 0.3) is 0 Å². The van der Waals surface area contributed by atoms with E-state index >= 15 is 0 Å². The number of rotatable bonds is 4. The molecule has 3 atom stereocenters. The van der Waals surface area contributed by atoms with Crippen LogP contribution in [0.5, 0.6) is 0 Å². The van der Waals surface area contributed by atoms with Crippen molar-refractivity contribution in [3.05, 3.63) is 0 Å². The van der Waals surface area contributed by atoms with Crippen LogP contribution in [0.3, 0.4) is 0 Å². The van der Waals surface area contributed by atoms with Gasteiger partial charge in [-0.25, -0.2) is 0 Å². The van der Waals surface area contributed by atoms with Crippen molar-refractivity contribution in [2.75, 3.05) is 19.6 Å². The molecule has 0 aromatic carbocycles. The zero-order valence-corrected chi connectivity index (χ0v) is 16.2. The van der Waals surface area contributed by atoms with Gasteiger partial charge in [0.1, 0.15) is 0 Å². The van der Waals surface area contributed by atoms with E-state index in [0.29, 0.717) is 5.41 Å². The molecule has 1 saturated carbocycles. The SMILES string of the molecule is CC1CC(C)CN(CC(C)CC2CCC(C(C)(C)C)CC2)C1. The fourth-order valence-corrected chi connectivity index (χ4v) is 5.29. The molecule has 0 N–H and O–H groups in total. The summed E-state index contributed by atoms with van der Waals surface area (Å²) in [5.74, 6) is 4.65. The summed E-state index contributed by atoms with van der Waals surface area (Å²) in [7, 11) is 0. The summed E-state index contributed by atoms with van der Waals surface area (Å²) >= 11 is 0. The van der Waals surface area contributed by atoms with Gasteiger partial charge in [0.05, 0.1) is 0 Å². The summed E-state index contributed by atoms with van der Waals surface area (Å²) in [6.07, 6.45) is 8.81. The van der Waals surface area contributed by atoms with Gasteiger partial charge in [-0.05, 0) is 60.7 Å². The lowest BCUT2D eigenvalue weighted by atomic mass is 9.68. The van der Waals surface area contributed by atoms with Crippen LogP contribution >= 0.6 is 0 Å². The third-order valence-corrected chi connectivity index (χ3v) is 6.32. The summed E-state index contributed by atoms with van der Waals surface area (Å²) < 4.78 is 0. The molecule has 1 heteroatoms. The van der Waals surface area contributed by atoms with E-state index in [4.69, 9.17) is 0 Å². The van der Waals surface area contributed by atoms with Gasteiger partial charge in [0.2, 0.25) is 0 Å². The van der Waals surface area contributed by atoms with Crippen LogP contribution in [-0.2, 0) is 0 Å². The summed E-state index contributed by atoms with van der Waals surface area (Å²) in [6.45, 7) is 18.7. The highest BCUT2D eigenvalue weighted by atomic mass is 15.1. The topological polar surface area (TPSA) is 3.24 Å². The van der Waals surface area contributed by atoms with E-state index in [2.05, 4.69) is 46.4 Å². The predicted molar refractivity (Wildman–Crippen MR) is 98.1 cm³/mol. The van der Waals surface area contributed by atoms with E-state index in [0.717, 1.165) is 29.6 Å². The van der Waals surface area contributed by atoms with Gasteiger partial charge in [0.15, 0.2) is 0 Å². The lowest BCUT2D eigenvalue weighted by Gasteiger charge is -2.39. The summed E-state index contributed by atoms with van der Waals surface area (Å²) in [6, 6.07) is 0. The molecule has 2 rings (SSSR count). The first-order valence-electron chi connectivity index (χ1n) is 9.96. The molecule has 130 valence electrons. The highest BCUT2D eigenvalue weighted by Crippen LogP contribution is 2.41. The number of nitrogens with zero attached hydrogens (tertiary/aromatic N) is 1. The fourth-order valence-electron chi connectivity index (χ4n) is 5.29. The van der Waals surface area contributed by atoms with Crippen molar-refractivity contribution in [1.29, 1.82) is 0 Å². The Labute approximate surface area is 140 Å². The van der Waals surface area contributed by atoms with Crippen molar-refractivity contribution in [2.45, 2.75) is 80.1 Å². The average Bonchev–Trinajstić information content (AvgIpc) is 2.36. The minimum Gasteiger partial charge on any atom is -0.303 e. The minimum absolute atomic E-state index is 0.524. The molecule has 3 unspecified atom stereocenters. The Hall–Kier alpha value is -0.0400. The van der Waals surface area contributed by atoms with Gasteiger partial charge in [-0.3, -0.25) is 0 Å². The Kier molecular flexibility index (Phi) is 6.39. The number of hydrogen-bond donors (Lipinski definition) is 0. The molecule has 1 heterocycles. The summed E-state index contributed by atoms with van der Waals surface area (Å²) in [4.78, 5) is 2.75. The molecular formula is C21H41N. The highest BCUT2D eigenvalue weighted by molar-refractivity contribution is 4.82. The zero-order chi connectivity index (χ0) is 16.3. The second-order valence-corrected chi connectivity index (χ2v) is 10.1. The van der Waals surface area contributed by atoms with Crippen LogP contribution in [0.25, 0.3) is 0 Å². The van der Waals surface area contributed by atoms with Crippen LogP contribution in [0, 0.1) is 35.0 Å². The molecule has 1 aliphatic carbocycles. The van der Waals surface area contributed by atoms with E-state index < -0.39 is 0 Å². The largest absolute Gasteiger partial charge is 0.303 e. The van der Waals surface area contributed by atoms with Crippen LogP contribution in [0.15, 0.2) is 0 Å². The third kappa shape index (κ3) is 5.55. The molecule has 0 bridgehead atoms. The maximum atomic E-state index is 2.75. The molecule has 0 aromatic heterocycles. The Morgan fingerprint density at radius 1 is 0.955 bits per heavy atom. The molecule has 22 heavy (non-hydrogen) atoms. The van der Waals surface area contributed by atoms with E-state index in [9.17, 15) is 0 Å². The summed E-state index contributed by atoms with van der Waals surface area (Å²) in [5, 5.41) is 0. The monoisotopic (exact) mass is 307 g/mol. The van der Waals surface area contributed by atoms with Gasteiger partial charge in [-0.1, -0.05) is 54.4 Å². The second kappa shape index (κ2) is 7.69. The van der Waals surface area contributed by atoms with E-state index in [1.165, 1.54) is 58.2 Å². The molecule has 0 amide bonds. The van der Waals surface area contributed by atoms with Crippen LogP contribution < -0.4 is 0 Å². The van der Waals surface area contributed by atoms with Gasteiger partial charge in [-0.2, -0.15) is 0 Å². The quantitative estimate of drug-likeness (QED) is 0.630. The zero-order valence-electron chi connectivity index (χ0n) is 16.2. The third-order valence-electron chi connectivity index (χ3n) is 6.32. The average molecular weight is 308 g/mol. The molecule has 1 nitrogen and oxygen atoms in total. The first-order valence-corrected chi connectivity index (χ1v) is 9.96. The number of likely N-dealkylation sites (tertiary alicyclic amines) is 1. The Bertz CT molecular complexity index is 311. The van der Waals surface area contributed by atoms with E-state index in [1.54, 1.807) is 0 Å². The van der Waals surface area contributed by atoms with Crippen LogP contribution in [-0.4, -0.2) is 24.5 Å². The minimum atomic E-state index is 0.524. The van der Waals surface area contributed by atoms with Crippen molar-refractivity contribution in [2.24, 2.45) is 35.0 Å². The molecule has 2 fully saturated rings. The lowest BCUT2D eigenvalue weighted by molar-refractivity contribution is 0.106. The fraction of sp³-hybridized carbons (Fsp3) is 1.00. The maximum absolute atomic E-state index is 2.75. The van der Waals surface area contributed by atoms with Crippen LogP contribution in [0.1, 0.15) is 80.1 Å². The normalized spacial score (nSPS) is 36.3. The van der Waals surface area contributed by atoms with Crippen molar-refractivity contribution >= 4 is 0 Å². The van der Waals surface area contributed by atoms with Crippen molar-refractivity contribution in [3.63, 3.8) is 0 Å². The van der Waals surface area contributed by atoms with E-state index in [1.807, 2.05) is 0 Å². The standard InChI is InChI=1S/C21H41N/c1-16-11-17(2)14-22(13-16)15-18(3)12-19-7-9-20(10-8-19)21(4,5)6/h16-20H,7-15H2,1-6H3. The smallest absolute Gasteiger partial charge is 0.000735 e. The Morgan fingerprint density at radius 3 is 2.00 bits per heavy atom. The predicted octanol–water partition coefficient (Wildman–Crippen LogP) is 5.84. The molecule has 0 radical (unpaired) electrons. The van der Waals surface area contributed by atoms with Crippen molar-refractivity contribution < 1.29 is 0 Å². The lowest BCUT2D eigenvalue weighted by Crippen LogP contribution is -2.41. The van der Waals surface area contributed by atoms with Crippen molar-refractivity contribution in [3.8, 4) is 0 Å². The molecule has 1 aliphatic heterocycles. The van der Waals surface area contributed by atoms with Gasteiger partial charge >= 0.3 is 0 Å². The summed E-state index contributed by atoms with van der Waals surface area (Å²) in [5.41, 5.74) is 0.524. The Balaban J connectivity index is 1.71. The number of piperidine rings is 1. The van der Waals surface area contributed by atoms with Crippen LogP contribution in [0.2, 0.25) is 0 Å². The Morgan fingerprint density at radius 2 is 1.50 bits per heavy atom. The van der Waals surface area contributed by atoms with Gasteiger partial charge in [0, 0.05) is 19.6 Å². The number of hydrogen-bond acceptors (Lipinski definition) is 1. The highest BCUT2D eigenvalue weighted by Gasteiger charge is 2.30. The molecule has 1 saturated heterocycles.